The van der Waals surface area contributed by atoms with Crippen LogP contribution in [0.1, 0.15) is 42.9 Å². The van der Waals surface area contributed by atoms with E-state index in [1.807, 2.05) is 48.5 Å². The van der Waals surface area contributed by atoms with Crippen LogP contribution in [0.15, 0.2) is 78.9 Å². The molecule has 1 atom stereocenters. The van der Waals surface area contributed by atoms with Crippen molar-refractivity contribution >= 4 is 55.9 Å². The van der Waals surface area contributed by atoms with E-state index in [1.54, 1.807) is 12.1 Å². The number of amides is 1. The third-order valence-corrected chi connectivity index (χ3v) is 6.77. The Balaban J connectivity index is 1.50. The molecule has 1 unspecified atom stereocenters. The Morgan fingerprint density at radius 3 is 2.09 bits per heavy atom. The minimum atomic E-state index is -1.30. The molecule has 5 aromatic carbocycles. The van der Waals surface area contributed by atoms with Crippen molar-refractivity contribution in [2.45, 2.75) is 6.23 Å². The molecule has 0 fully saturated rings. The van der Waals surface area contributed by atoms with Gasteiger partial charge in [0.25, 0.3) is 5.91 Å². The predicted octanol–water partition coefficient (Wildman–Crippen LogP) is 5.11. The van der Waals surface area contributed by atoms with Crippen LogP contribution in [-0.4, -0.2) is 23.0 Å². The molecule has 2 aliphatic heterocycles. The van der Waals surface area contributed by atoms with Crippen LogP contribution >= 0.6 is 0 Å². The number of nitrogens with zero attached hydrogens (tertiary/aromatic N) is 1. The Morgan fingerprint density at radius 1 is 0.676 bits per heavy atom. The Morgan fingerprint density at radius 2 is 1.32 bits per heavy atom. The van der Waals surface area contributed by atoms with Crippen molar-refractivity contribution in [1.82, 2.24) is 0 Å². The number of esters is 2. The van der Waals surface area contributed by atoms with Gasteiger partial charge in [-0.1, -0.05) is 42.5 Å². The Hall–Kier alpha value is -4.55. The summed E-state index contributed by atoms with van der Waals surface area (Å²) in [5.74, 6) is -1.92. The number of hydrogen-bond acceptors (Lipinski definition) is 5. The smallest absolute Gasteiger partial charge is 0.346 e. The topological polar surface area (TPSA) is 83.9 Å². The van der Waals surface area contributed by atoms with Gasteiger partial charge in [-0.25, -0.2) is 9.59 Å². The van der Waals surface area contributed by atoms with Gasteiger partial charge in [0.15, 0.2) is 6.23 Å². The summed E-state index contributed by atoms with van der Waals surface area (Å²) in [5.41, 5.74) is 1.77. The van der Waals surface area contributed by atoms with Crippen molar-refractivity contribution < 1.29 is 24.2 Å². The number of fused-ring (bicyclic) bond motifs is 2. The second-order valence-electron chi connectivity index (χ2n) is 8.54. The molecule has 6 nitrogen and oxygen atoms in total. The number of aliphatic hydroxyl groups is 1. The zero-order valence-corrected chi connectivity index (χ0v) is 17.6. The van der Waals surface area contributed by atoms with Gasteiger partial charge in [-0.05, 0) is 52.6 Å². The fraction of sp³-hybridized carbons (Fsp3) is 0.0357. The summed E-state index contributed by atoms with van der Waals surface area (Å²) in [6.45, 7) is 0. The van der Waals surface area contributed by atoms with Crippen molar-refractivity contribution in [3.8, 4) is 0 Å². The predicted molar refractivity (Wildman–Crippen MR) is 127 cm³/mol. The molecule has 162 valence electrons. The zero-order valence-electron chi connectivity index (χ0n) is 17.6. The van der Waals surface area contributed by atoms with Crippen molar-refractivity contribution in [3.05, 3.63) is 101 Å². The molecule has 6 heteroatoms. The molecule has 2 aliphatic rings. The molecule has 0 radical (unpaired) electrons. The highest BCUT2D eigenvalue weighted by Gasteiger charge is 2.38. The number of anilines is 1. The number of hydrogen-bond donors (Lipinski definition) is 1. The number of aliphatic hydroxyl groups excluding tert-OH is 1. The number of carbonyl (C=O) groups is 3. The SMILES string of the molecule is O=C1OC(=O)c2ccc3c4c(ccc1c24)C(=O)N(c1cccc2cc4ccccc4cc12)C3O. The van der Waals surface area contributed by atoms with E-state index in [1.165, 1.54) is 17.0 Å². The van der Waals surface area contributed by atoms with Gasteiger partial charge < -0.3 is 9.84 Å². The molecule has 0 saturated carbocycles. The average molecular weight is 445 g/mol. The lowest BCUT2D eigenvalue weighted by Gasteiger charge is -2.35. The van der Waals surface area contributed by atoms with Gasteiger partial charge in [-0.15, -0.1) is 0 Å². The maximum absolute atomic E-state index is 13.8. The summed E-state index contributed by atoms with van der Waals surface area (Å²) in [6.07, 6.45) is -1.30. The molecule has 34 heavy (non-hydrogen) atoms. The van der Waals surface area contributed by atoms with Gasteiger partial charge in [-0.3, -0.25) is 9.69 Å². The second-order valence-corrected chi connectivity index (χ2v) is 8.54. The lowest BCUT2D eigenvalue weighted by molar-refractivity contribution is 0.0390. The molecule has 0 aliphatic carbocycles. The first-order chi connectivity index (χ1) is 16.5. The zero-order chi connectivity index (χ0) is 23.1. The van der Waals surface area contributed by atoms with Crippen LogP contribution < -0.4 is 4.90 Å². The maximum atomic E-state index is 13.8. The van der Waals surface area contributed by atoms with E-state index in [0.717, 1.165) is 21.5 Å². The molecule has 7 rings (SSSR count). The summed E-state index contributed by atoms with van der Waals surface area (Å²) in [5, 5.41) is 16.1. The summed E-state index contributed by atoms with van der Waals surface area (Å²) in [7, 11) is 0. The van der Waals surface area contributed by atoms with Gasteiger partial charge in [0.1, 0.15) is 0 Å². The Kier molecular flexibility index (Phi) is 3.62. The van der Waals surface area contributed by atoms with E-state index in [0.29, 0.717) is 27.6 Å². The fourth-order valence-corrected chi connectivity index (χ4v) is 5.23. The molecule has 2 heterocycles. The summed E-state index contributed by atoms with van der Waals surface area (Å²) >= 11 is 0. The van der Waals surface area contributed by atoms with Crippen LogP contribution in [0.2, 0.25) is 0 Å². The Labute approximate surface area is 192 Å². The van der Waals surface area contributed by atoms with Crippen LogP contribution in [-0.2, 0) is 4.74 Å². The molecule has 1 amide bonds. The van der Waals surface area contributed by atoms with E-state index in [-0.39, 0.29) is 11.1 Å². The van der Waals surface area contributed by atoms with Crippen LogP contribution in [0.5, 0.6) is 0 Å². The van der Waals surface area contributed by atoms with Crippen molar-refractivity contribution in [3.63, 3.8) is 0 Å². The molecule has 0 aromatic heterocycles. The van der Waals surface area contributed by atoms with Gasteiger partial charge >= 0.3 is 11.9 Å². The van der Waals surface area contributed by atoms with Crippen molar-refractivity contribution in [2.75, 3.05) is 4.90 Å². The third-order valence-electron chi connectivity index (χ3n) is 6.77. The summed E-state index contributed by atoms with van der Waals surface area (Å²) in [6, 6.07) is 23.9. The van der Waals surface area contributed by atoms with Crippen LogP contribution in [0.4, 0.5) is 5.69 Å². The highest BCUT2D eigenvalue weighted by Crippen LogP contribution is 2.44. The highest BCUT2D eigenvalue weighted by molar-refractivity contribution is 6.27. The maximum Gasteiger partial charge on any atom is 0.346 e. The molecule has 1 N–H and O–H groups in total. The van der Waals surface area contributed by atoms with Gasteiger partial charge in [-0.2, -0.15) is 0 Å². The van der Waals surface area contributed by atoms with Crippen molar-refractivity contribution in [2.24, 2.45) is 0 Å². The first-order valence-electron chi connectivity index (χ1n) is 10.8. The molecule has 0 bridgehead atoms. The molecular formula is C28H15NO5. The van der Waals surface area contributed by atoms with Crippen LogP contribution in [0.3, 0.4) is 0 Å². The summed E-state index contributed by atoms with van der Waals surface area (Å²) < 4.78 is 4.83. The van der Waals surface area contributed by atoms with E-state index in [2.05, 4.69) is 6.07 Å². The van der Waals surface area contributed by atoms with Crippen molar-refractivity contribution in [1.29, 1.82) is 0 Å². The van der Waals surface area contributed by atoms with Gasteiger partial charge in [0, 0.05) is 27.3 Å². The number of benzene rings is 5. The number of carbonyl (C=O) groups excluding carboxylic acids is 3. The molecule has 5 aromatic rings. The average Bonchev–Trinajstić information content (AvgIpc) is 2.85. The van der Waals surface area contributed by atoms with E-state index >= 15 is 0 Å². The fourth-order valence-electron chi connectivity index (χ4n) is 5.23. The molecular weight excluding hydrogens is 430 g/mol. The Bertz CT molecular complexity index is 1750. The number of rotatable bonds is 1. The second kappa shape index (κ2) is 6.50. The standard InChI is InChI=1S/C28H15NO5/c30-25-17-8-10-19-24-20(28(33)34-27(19)32)11-9-18(23(17)24)26(31)29(25)22-7-3-6-16-12-14-4-1-2-5-15(14)13-21(16)22/h1-13,25,30H. The third kappa shape index (κ3) is 2.35. The first-order valence-corrected chi connectivity index (χ1v) is 10.8. The quantitative estimate of drug-likeness (QED) is 0.220. The monoisotopic (exact) mass is 445 g/mol. The molecule has 0 spiro atoms. The molecule has 0 saturated heterocycles. The lowest BCUT2D eigenvalue weighted by Crippen LogP contribution is -2.39. The highest BCUT2D eigenvalue weighted by atomic mass is 16.6. The summed E-state index contributed by atoms with van der Waals surface area (Å²) in [4.78, 5) is 39.8. The minimum Gasteiger partial charge on any atom is -0.386 e. The van der Waals surface area contributed by atoms with Crippen LogP contribution in [0.25, 0.3) is 32.3 Å². The largest absolute Gasteiger partial charge is 0.386 e. The number of cyclic esters (lactones) is 2. The number of ether oxygens (including phenoxy) is 1. The first kappa shape index (κ1) is 19.0. The van der Waals surface area contributed by atoms with E-state index in [4.69, 9.17) is 4.74 Å². The lowest BCUT2D eigenvalue weighted by atomic mass is 9.86. The van der Waals surface area contributed by atoms with E-state index < -0.39 is 24.1 Å². The van der Waals surface area contributed by atoms with Crippen LogP contribution in [0, 0.1) is 0 Å². The van der Waals surface area contributed by atoms with E-state index in [9.17, 15) is 19.5 Å². The van der Waals surface area contributed by atoms with Gasteiger partial charge in [0.05, 0.1) is 16.8 Å². The van der Waals surface area contributed by atoms with Gasteiger partial charge in [0.2, 0.25) is 0 Å². The minimum absolute atomic E-state index is 0.209. The normalized spacial score (nSPS) is 17.0.